The molecule has 1 rings (SSSR count). The minimum Gasteiger partial charge on any atom is -0.493 e. The van der Waals surface area contributed by atoms with E-state index in [2.05, 4.69) is 4.74 Å². The minimum absolute atomic E-state index is 0.0942. The highest BCUT2D eigenvalue weighted by atomic mass is 19.4. The Labute approximate surface area is 119 Å². The number of benzene rings is 1. The first-order valence-corrected chi connectivity index (χ1v) is 6.02. The molecule has 0 saturated heterocycles. The summed E-state index contributed by atoms with van der Waals surface area (Å²) in [6.45, 7) is -1.76. The molecule has 1 unspecified atom stereocenters. The van der Waals surface area contributed by atoms with E-state index in [0.717, 1.165) is 6.07 Å². The third-order valence-electron chi connectivity index (χ3n) is 2.66. The van der Waals surface area contributed by atoms with E-state index in [1.807, 2.05) is 0 Å². The van der Waals surface area contributed by atoms with Gasteiger partial charge in [-0.15, -0.1) is 0 Å². The standard InChI is InChI=1S/C13H16F4O4/c1-19-11-5-8(9(14)6-12(11)20-2)10(18)3-4-21-7-13(15,16)17/h5-6,10,18H,3-4,7H2,1-2H3. The molecule has 0 radical (unpaired) electrons. The Balaban J connectivity index is 2.67. The number of aliphatic hydroxyl groups is 1. The van der Waals surface area contributed by atoms with E-state index in [1.165, 1.54) is 20.3 Å². The highest BCUT2D eigenvalue weighted by Gasteiger charge is 2.27. The highest BCUT2D eigenvalue weighted by molar-refractivity contribution is 5.44. The molecule has 0 aliphatic carbocycles. The lowest BCUT2D eigenvalue weighted by molar-refractivity contribution is -0.175. The summed E-state index contributed by atoms with van der Waals surface area (Å²) < 4.78 is 63.6. The molecule has 120 valence electrons. The lowest BCUT2D eigenvalue weighted by atomic mass is 10.1. The summed E-state index contributed by atoms with van der Waals surface area (Å²) in [5, 5.41) is 9.82. The van der Waals surface area contributed by atoms with Gasteiger partial charge < -0.3 is 19.3 Å². The van der Waals surface area contributed by atoms with E-state index >= 15 is 0 Å². The molecule has 1 atom stereocenters. The predicted octanol–water partition coefficient (Wildman–Crippen LogP) is 2.85. The van der Waals surface area contributed by atoms with Crippen molar-refractivity contribution in [1.29, 1.82) is 0 Å². The largest absolute Gasteiger partial charge is 0.493 e. The van der Waals surface area contributed by atoms with Gasteiger partial charge in [-0.3, -0.25) is 0 Å². The Morgan fingerprint density at radius 2 is 1.71 bits per heavy atom. The number of hydrogen-bond donors (Lipinski definition) is 1. The Bertz CT molecular complexity index is 462. The van der Waals surface area contributed by atoms with E-state index in [0.29, 0.717) is 0 Å². The van der Waals surface area contributed by atoms with Crippen LogP contribution in [0.15, 0.2) is 12.1 Å². The molecule has 0 aliphatic rings. The van der Waals surface area contributed by atoms with Crippen molar-refractivity contribution in [2.24, 2.45) is 0 Å². The Hall–Kier alpha value is -1.54. The zero-order valence-electron chi connectivity index (χ0n) is 11.5. The molecule has 4 nitrogen and oxygen atoms in total. The van der Waals surface area contributed by atoms with Crippen molar-refractivity contribution >= 4 is 0 Å². The second-order valence-electron chi connectivity index (χ2n) is 4.20. The van der Waals surface area contributed by atoms with Crippen LogP contribution in [0.5, 0.6) is 11.5 Å². The molecule has 0 heterocycles. The third kappa shape index (κ3) is 5.39. The number of hydrogen-bond acceptors (Lipinski definition) is 4. The molecule has 8 heteroatoms. The number of halogens is 4. The van der Waals surface area contributed by atoms with Crippen LogP contribution < -0.4 is 9.47 Å². The van der Waals surface area contributed by atoms with Gasteiger partial charge in [0.1, 0.15) is 12.4 Å². The number of alkyl halides is 3. The van der Waals surface area contributed by atoms with Crippen LogP contribution in [0.4, 0.5) is 17.6 Å². The zero-order valence-corrected chi connectivity index (χ0v) is 11.5. The SMILES string of the molecule is COc1cc(F)c(C(O)CCOCC(F)(F)F)cc1OC. The van der Waals surface area contributed by atoms with Gasteiger partial charge in [-0.05, 0) is 6.07 Å². The fourth-order valence-electron chi connectivity index (χ4n) is 1.66. The average molecular weight is 312 g/mol. The molecule has 1 aromatic carbocycles. The van der Waals surface area contributed by atoms with Crippen LogP contribution >= 0.6 is 0 Å². The monoisotopic (exact) mass is 312 g/mol. The maximum atomic E-state index is 13.8. The van der Waals surface area contributed by atoms with E-state index in [1.54, 1.807) is 0 Å². The Morgan fingerprint density at radius 1 is 1.14 bits per heavy atom. The maximum absolute atomic E-state index is 13.8. The fourth-order valence-corrected chi connectivity index (χ4v) is 1.66. The van der Waals surface area contributed by atoms with Gasteiger partial charge in [0, 0.05) is 24.7 Å². The van der Waals surface area contributed by atoms with E-state index in [-0.39, 0.29) is 30.1 Å². The van der Waals surface area contributed by atoms with Gasteiger partial charge in [-0.2, -0.15) is 13.2 Å². The van der Waals surface area contributed by atoms with Gasteiger partial charge in [0.15, 0.2) is 11.5 Å². The smallest absolute Gasteiger partial charge is 0.411 e. The lowest BCUT2D eigenvalue weighted by Gasteiger charge is -2.15. The summed E-state index contributed by atoms with van der Waals surface area (Å²) in [5.41, 5.74) is -0.0942. The minimum atomic E-state index is -4.43. The first-order chi connectivity index (χ1) is 9.78. The lowest BCUT2D eigenvalue weighted by Crippen LogP contribution is -2.18. The van der Waals surface area contributed by atoms with Gasteiger partial charge in [-0.25, -0.2) is 4.39 Å². The van der Waals surface area contributed by atoms with Crippen LogP contribution in [0.25, 0.3) is 0 Å². The number of aliphatic hydroxyl groups excluding tert-OH is 1. The maximum Gasteiger partial charge on any atom is 0.411 e. The van der Waals surface area contributed by atoms with Crippen molar-refractivity contribution in [3.8, 4) is 11.5 Å². The van der Waals surface area contributed by atoms with Crippen LogP contribution in [0, 0.1) is 5.82 Å². The van der Waals surface area contributed by atoms with Crippen LogP contribution in [0.3, 0.4) is 0 Å². The van der Waals surface area contributed by atoms with Crippen molar-refractivity contribution in [3.05, 3.63) is 23.5 Å². The van der Waals surface area contributed by atoms with E-state index < -0.39 is 24.7 Å². The normalized spacial score (nSPS) is 13.1. The van der Waals surface area contributed by atoms with Crippen molar-refractivity contribution in [2.75, 3.05) is 27.4 Å². The quantitative estimate of drug-likeness (QED) is 0.621. The summed E-state index contributed by atoms with van der Waals surface area (Å²) in [6.07, 6.45) is -5.92. The molecule has 0 spiro atoms. The van der Waals surface area contributed by atoms with E-state index in [9.17, 15) is 22.7 Å². The van der Waals surface area contributed by atoms with Crippen LogP contribution in [-0.2, 0) is 4.74 Å². The molecular weight excluding hydrogens is 296 g/mol. The topological polar surface area (TPSA) is 47.9 Å². The summed E-state index contributed by atoms with van der Waals surface area (Å²) in [4.78, 5) is 0. The van der Waals surface area contributed by atoms with Gasteiger partial charge in [0.05, 0.1) is 20.3 Å². The molecule has 0 saturated carbocycles. The van der Waals surface area contributed by atoms with Gasteiger partial charge >= 0.3 is 6.18 Å². The first kappa shape index (κ1) is 17.5. The average Bonchev–Trinajstić information content (AvgIpc) is 2.41. The zero-order chi connectivity index (χ0) is 16.0. The van der Waals surface area contributed by atoms with Crippen molar-refractivity contribution in [3.63, 3.8) is 0 Å². The molecular formula is C13H16F4O4. The van der Waals surface area contributed by atoms with Crippen molar-refractivity contribution in [2.45, 2.75) is 18.7 Å². The Kier molecular flexibility index (Phi) is 6.22. The first-order valence-electron chi connectivity index (χ1n) is 6.02. The molecule has 0 bridgehead atoms. The van der Waals surface area contributed by atoms with Crippen molar-refractivity contribution in [1.82, 2.24) is 0 Å². The third-order valence-corrected chi connectivity index (χ3v) is 2.66. The Morgan fingerprint density at radius 3 is 2.24 bits per heavy atom. The highest BCUT2D eigenvalue weighted by Crippen LogP contribution is 2.33. The van der Waals surface area contributed by atoms with Crippen LogP contribution in [0.1, 0.15) is 18.1 Å². The van der Waals surface area contributed by atoms with Crippen molar-refractivity contribution < 1.29 is 36.9 Å². The predicted molar refractivity (Wildman–Crippen MR) is 66.0 cm³/mol. The molecule has 0 aliphatic heterocycles. The number of methoxy groups -OCH3 is 2. The fraction of sp³-hybridized carbons (Fsp3) is 0.538. The van der Waals surface area contributed by atoms with Crippen LogP contribution in [-0.4, -0.2) is 38.7 Å². The summed E-state index contributed by atoms with van der Waals surface area (Å²) >= 11 is 0. The second kappa shape index (κ2) is 7.46. The number of ether oxygens (including phenoxy) is 3. The molecule has 1 aromatic rings. The molecule has 0 aromatic heterocycles. The van der Waals surface area contributed by atoms with E-state index in [4.69, 9.17) is 9.47 Å². The number of rotatable bonds is 7. The summed E-state index contributed by atoms with van der Waals surface area (Å²) in [5.74, 6) is -0.376. The molecule has 0 fully saturated rings. The molecule has 21 heavy (non-hydrogen) atoms. The van der Waals surface area contributed by atoms with Gasteiger partial charge in [0.25, 0.3) is 0 Å². The summed E-state index contributed by atoms with van der Waals surface area (Å²) in [6, 6.07) is 2.27. The van der Waals surface area contributed by atoms with Gasteiger partial charge in [0.2, 0.25) is 0 Å². The molecule has 0 amide bonds. The van der Waals surface area contributed by atoms with Gasteiger partial charge in [-0.1, -0.05) is 0 Å². The van der Waals surface area contributed by atoms with Crippen LogP contribution in [0.2, 0.25) is 0 Å². The summed E-state index contributed by atoms with van der Waals surface area (Å²) in [7, 11) is 2.68. The second-order valence-corrected chi connectivity index (χ2v) is 4.20. The molecule has 1 N–H and O–H groups in total.